The van der Waals surface area contributed by atoms with Crippen LogP contribution in [-0.2, 0) is 14.8 Å². The van der Waals surface area contributed by atoms with Crippen LogP contribution >= 0.6 is 0 Å². The molecular weight excluding hydrogens is 345 g/mol. The average Bonchev–Trinajstić information content (AvgIpc) is 2.82. The van der Waals surface area contributed by atoms with Crippen LogP contribution in [0.2, 0.25) is 0 Å². The highest BCUT2D eigenvalue weighted by Crippen LogP contribution is 2.22. The van der Waals surface area contributed by atoms with E-state index in [1.54, 1.807) is 37.3 Å². The molecule has 1 aliphatic rings. The Bertz CT molecular complexity index is 971. The Morgan fingerprint density at radius 3 is 2.80 bits per heavy atom. The maximum absolute atomic E-state index is 13.6. The van der Waals surface area contributed by atoms with Crippen molar-refractivity contribution in [3.63, 3.8) is 0 Å². The van der Waals surface area contributed by atoms with Crippen molar-refractivity contribution in [2.75, 3.05) is 11.9 Å². The molecule has 0 aliphatic carbocycles. The van der Waals surface area contributed by atoms with Gasteiger partial charge in [0, 0.05) is 12.0 Å². The van der Waals surface area contributed by atoms with E-state index < -0.39 is 21.7 Å². The van der Waals surface area contributed by atoms with Gasteiger partial charge in [-0.1, -0.05) is 18.2 Å². The summed E-state index contributed by atoms with van der Waals surface area (Å²) < 4.78 is 39.9. The molecular formula is C17H16FN3O3S. The first-order valence-electron chi connectivity index (χ1n) is 7.59. The first-order valence-corrected chi connectivity index (χ1v) is 9.08. The third kappa shape index (κ3) is 3.69. The molecule has 0 spiro atoms. The molecule has 6 nitrogen and oxygen atoms in total. The molecule has 25 heavy (non-hydrogen) atoms. The highest BCUT2D eigenvalue weighted by molar-refractivity contribution is 7.90. The van der Waals surface area contributed by atoms with Crippen molar-refractivity contribution < 1.29 is 17.6 Å². The van der Waals surface area contributed by atoms with E-state index in [1.807, 2.05) is 0 Å². The minimum atomic E-state index is -3.60. The van der Waals surface area contributed by atoms with Gasteiger partial charge in [-0.2, -0.15) is 0 Å². The van der Waals surface area contributed by atoms with Crippen molar-refractivity contribution in [1.29, 1.82) is 0 Å². The number of aryl methyl sites for hydroxylation is 1. The third-order valence-electron chi connectivity index (χ3n) is 3.67. The molecule has 8 heteroatoms. The van der Waals surface area contributed by atoms with E-state index in [4.69, 9.17) is 0 Å². The maximum Gasteiger partial charge on any atom is 0.263 e. The number of fused-ring (bicyclic) bond motifs is 1. The number of rotatable bonds is 4. The molecule has 0 fully saturated rings. The first-order chi connectivity index (χ1) is 11.9. The molecule has 0 atom stereocenters. The number of anilines is 1. The van der Waals surface area contributed by atoms with Crippen LogP contribution in [0.25, 0.3) is 0 Å². The lowest BCUT2D eigenvalue weighted by atomic mass is 10.2. The lowest BCUT2D eigenvalue weighted by Crippen LogP contribution is -2.23. The van der Waals surface area contributed by atoms with Crippen molar-refractivity contribution in [2.24, 2.45) is 4.99 Å². The molecule has 0 aromatic heterocycles. The number of carbonyl (C=O) groups is 1. The van der Waals surface area contributed by atoms with Crippen molar-refractivity contribution >= 4 is 27.5 Å². The number of sulfonamides is 1. The van der Waals surface area contributed by atoms with E-state index in [0.29, 0.717) is 5.56 Å². The van der Waals surface area contributed by atoms with Crippen molar-refractivity contribution in [2.45, 2.75) is 18.2 Å². The van der Waals surface area contributed by atoms with Gasteiger partial charge in [0.05, 0.1) is 17.1 Å². The second-order valence-corrected chi connectivity index (χ2v) is 7.26. The quantitative estimate of drug-likeness (QED) is 0.875. The number of carbonyl (C=O) groups excluding carboxylic acids is 1. The summed E-state index contributed by atoms with van der Waals surface area (Å²) in [5.74, 6) is -0.698. The SMILES string of the molecule is Cc1ccc(F)c(NC(=O)CCN=C2NS(=O)(=O)c3ccccc32)c1. The number of hydrogen-bond donors (Lipinski definition) is 2. The van der Waals surface area contributed by atoms with E-state index in [-0.39, 0.29) is 29.4 Å². The molecule has 0 bridgehead atoms. The molecule has 2 N–H and O–H groups in total. The summed E-state index contributed by atoms with van der Waals surface area (Å²) in [6, 6.07) is 10.9. The highest BCUT2D eigenvalue weighted by atomic mass is 32.2. The Morgan fingerprint density at radius 1 is 1.24 bits per heavy atom. The van der Waals surface area contributed by atoms with Crippen molar-refractivity contribution in [1.82, 2.24) is 4.72 Å². The molecule has 1 amide bonds. The Morgan fingerprint density at radius 2 is 2.00 bits per heavy atom. The average molecular weight is 361 g/mol. The summed E-state index contributed by atoms with van der Waals surface area (Å²) in [7, 11) is -3.60. The molecule has 0 radical (unpaired) electrons. The van der Waals surface area contributed by atoms with Crippen molar-refractivity contribution in [3.05, 3.63) is 59.4 Å². The summed E-state index contributed by atoms with van der Waals surface area (Å²) in [4.78, 5) is 16.3. The van der Waals surface area contributed by atoms with Gasteiger partial charge in [-0.05, 0) is 36.8 Å². The summed E-state index contributed by atoms with van der Waals surface area (Å²) in [5, 5.41) is 2.49. The Kier molecular flexibility index (Phi) is 4.54. The number of amides is 1. The molecule has 0 unspecified atom stereocenters. The molecule has 0 saturated carbocycles. The predicted molar refractivity (Wildman–Crippen MR) is 92.6 cm³/mol. The van der Waals surface area contributed by atoms with E-state index in [1.165, 1.54) is 12.1 Å². The van der Waals surface area contributed by atoms with Gasteiger partial charge in [0.15, 0.2) is 0 Å². The van der Waals surface area contributed by atoms with Crippen LogP contribution in [0.5, 0.6) is 0 Å². The van der Waals surface area contributed by atoms with E-state index >= 15 is 0 Å². The minimum Gasteiger partial charge on any atom is -0.324 e. The van der Waals surface area contributed by atoms with Gasteiger partial charge in [-0.25, -0.2) is 12.8 Å². The second-order valence-electron chi connectivity index (χ2n) is 5.61. The molecule has 1 aliphatic heterocycles. The standard InChI is InChI=1S/C17H16FN3O3S/c1-11-6-7-13(18)14(10-11)20-16(22)8-9-19-17-12-4-2-3-5-15(12)25(23,24)21-17/h2-7,10H,8-9H2,1H3,(H,19,21)(H,20,22). The first kappa shape index (κ1) is 17.1. The molecule has 2 aromatic rings. The third-order valence-corrected chi connectivity index (χ3v) is 5.06. The number of halogens is 1. The van der Waals surface area contributed by atoms with Crippen LogP contribution in [0, 0.1) is 12.7 Å². The summed E-state index contributed by atoms with van der Waals surface area (Å²) in [6.45, 7) is 1.87. The summed E-state index contributed by atoms with van der Waals surface area (Å²) >= 11 is 0. The van der Waals surface area contributed by atoms with Gasteiger partial charge in [0.2, 0.25) is 5.91 Å². The largest absolute Gasteiger partial charge is 0.324 e. The zero-order valence-electron chi connectivity index (χ0n) is 13.4. The van der Waals surface area contributed by atoms with Crippen LogP contribution in [0.4, 0.5) is 10.1 Å². The maximum atomic E-state index is 13.6. The lowest BCUT2D eigenvalue weighted by molar-refractivity contribution is -0.116. The fourth-order valence-electron chi connectivity index (χ4n) is 2.47. The van der Waals surface area contributed by atoms with Crippen LogP contribution in [0.15, 0.2) is 52.4 Å². The number of nitrogens with zero attached hydrogens (tertiary/aromatic N) is 1. The van der Waals surface area contributed by atoms with E-state index in [2.05, 4.69) is 15.0 Å². The van der Waals surface area contributed by atoms with Crippen LogP contribution in [0.3, 0.4) is 0 Å². The van der Waals surface area contributed by atoms with Gasteiger partial charge in [-0.3, -0.25) is 14.5 Å². The highest BCUT2D eigenvalue weighted by Gasteiger charge is 2.29. The van der Waals surface area contributed by atoms with Crippen LogP contribution < -0.4 is 10.0 Å². The molecule has 1 heterocycles. The topological polar surface area (TPSA) is 87.6 Å². The molecule has 2 aromatic carbocycles. The molecule has 3 rings (SSSR count). The number of benzene rings is 2. The van der Waals surface area contributed by atoms with E-state index in [0.717, 1.165) is 5.56 Å². The minimum absolute atomic E-state index is 0.000770. The molecule has 130 valence electrons. The zero-order valence-corrected chi connectivity index (χ0v) is 14.2. The predicted octanol–water partition coefficient (Wildman–Crippen LogP) is 2.20. The normalized spacial score (nSPS) is 16.3. The summed E-state index contributed by atoms with van der Waals surface area (Å²) in [5.41, 5.74) is 1.42. The van der Waals surface area contributed by atoms with Crippen LogP contribution in [0.1, 0.15) is 17.5 Å². The van der Waals surface area contributed by atoms with E-state index in [9.17, 15) is 17.6 Å². The Labute approximate surface area is 144 Å². The van der Waals surface area contributed by atoms with Gasteiger partial charge in [0.25, 0.3) is 10.0 Å². The lowest BCUT2D eigenvalue weighted by Gasteiger charge is -2.06. The number of nitrogens with one attached hydrogen (secondary N) is 2. The Hall–Kier alpha value is -2.74. The zero-order chi connectivity index (χ0) is 18.0. The fourth-order valence-corrected chi connectivity index (χ4v) is 3.72. The fraction of sp³-hybridized carbons (Fsp3) is 0.176. The molecule has 0 saturated heterocycles. The van der Waals surface area contributed by atoms with Crippen LogP contribution in [-0.4, -0.2) is 26.7 Å². The number of hydrogen-bond acceptors (Lipinski definition) is 4. The second kappa shape index (κ2) is 6.64. The van der Waals surface area contributed by atoms with Gasteiger partial charge in [-0.15, -0.1) is 0 Å². The van der Waals surface area contributed by atoms with Crippen molar-refractivity contribution in [3.8, 4) is 0 Å². The smallest absolute Gasteiger partial charge is 0.263 e. The van der Waals surface area contributed by atoms with Gasteiger partial charge >= 0.3 is 0 Å². The van der Waals surface area contributed by atoms with Gasteiger partial charge < -0.3 is 5.32 Å². The van der Waals surface area contributed by atoms with Gasteiger partial charge in [0.1, 0.15) is 11.7 Å². The number of aliphatic imine (C=N–C) groups is 1. The number of amidine groups is 1. The summed E-state index contributed by atoms with van der Waals surface area (Å²) in [6.07, 6.45) is 0.000770. The Balaban J connectivity index is 1.66. The monoisotopic (exact) mass is 361 g/mol.